The van der Waals surface area contributed by atoms with E-state index in [-0.39, 0.29) is 24.6 Å². The number of nitrogens with one attached hydrogen (secondary N) is 2. The molecule has 0 aliphatic heterocycles. The molecule has 1 aromatic rings. The summed E-state index contributed by atoms with van der Waals surface area (Å²) in [6.07, 6.45) is 3.49. The summed E-state index contributed by atoms with van der Waals surface area (Å²) in [4.78, 5) is 12.3. The lowest BCUT2D eigenvalue weighted by molar-refractivity contribution is 0.134. The fourth-order valence-electron chi connectivity index (χ4n) is 4.18. The highest BCUT2D eigenvalue weighted by atomic mass is 16.5. The van der Waals surface area contributed by atoms with Gasteiger partial charge in [-0.1, -0.05) is 12.1 Å². The van der Waals surface area contributed by atoms with Gasteiger partial charge in [-0.2, -0.15) is 0 Å². The minimum absolute atomic E-state index is 0.102. The summed E-state index contributed by atoms with van der Waals surface area (Å²) in [6.45, 7) is 3.34. The molecule has 0 saturated heterocycles. The molecule has 0 heterocycles. The first-order valence-corrected chi connectivity index (χ1v) is 8.56. The molecular weight excluding hydrogens is 292 g/mol. The molecule has 3 rings (SSSR count). The van der Waals surface area contributed by atoms with E-state index in [0.717, 1.165) is 24.1 Å². The minimum atomic E-state index is -0.186. The lowest BCUT2D eigenvalue weighted by Gasteiger charge is -2.30. The number of ether oxygens (including phenoxy) is 1. The summed E-state index contributed by atoms with van der Waals surface area (Å²) in [7, 11) is 0. The Morgan fingerprint density at radius 3 is 2.96 bits per heavy atom. The summed E-state index contributed by atoms with van der Waals surface area (Å²) >= 11 is 0. The van der Waals surface area contributed by atoms with Crippen LogP contribution in [0, 0.1) is 17.8 Å². The van der Waals surface area contributed by atoms with Crippen LogP contribution in [0.15, 0.2) is 24.3 Å². The highest BCUT2D eigenvalue weighted by molar-refractivity contribution is 5.89. The van der Waals surface area contributed by atoms with Crippen LogP contribution in [0.2, 0.25) is 0 Å². The number of hydrogen-bond donors (Lipinski definition) is 3. The van der Waals surface area contributed by atoms with E-state index in [1.165, 1.54) is 6.42 Å². The van der Waals surface area contributed by atoms with Gasteiger partial charge >= 0.3 is 6.03 Å². The molecule has 23 heavy (non-hydrogen) atoms. The lowest BCUT2D eigenvalue weighted by Crippen LogP contribution is -2.46. The predicted molar refractivity (Wildman–Crippen MR) is 89.1 cm³/mol. The number of amides is 2. The molecule has 126 valence electrons. The van der Waals surface area contributed by atoms with Crippen molar-refractivity contribution in [3.05, 3.63) is 29.8 Å². The maximum atomic E-state index is 12.3. The normalized spacial score (nSPS) is 28.8. The van der Waals surface area contributed by atoms with Gasteiger partial charge in [0.1, 0.15) is 0 Å². The summed E-state index contributed by atoms with van der Waals surface area (Å²) in [5.74, 6) is 1.31. The number of aliphatic hydroxyl groups excluding tert-OH is 1. The van der Waals surface area contributed by atoms with Crippen LogP contribution in [0.4, 0.5) is 10.5 Å². The van der Waals surface area contributed by atoms with Crippen molar-refractivity contribution >= 4 is 11.7 Å². The second-order valence-corrected chi connectivity index (χ2v) is 6.64. The van der Waals surface area contributed by atoms with E-state index < -0.39 is 0 Å². The van der Waals surface area contributed by atoms with E-state index >= 15 is 0 Å². The van der Waals surface area contributed by atoms with Crippen LogP contribution < -0.4 is 10.6 Å². The molecule has 2 aliphatic rings. The lowest BCUT2D eigenvalue weighted by atomic mass is 9.85. The number of urea groups is 1. The zero-order chi connectivity index (χ0) is 16.2. The summed E-state index contributed by atoms with van der Waals surface area (Å²) in [5, 5.41) is 15.6. The van der Waals surface area contributed by atoms with Crippen molar-refractivity contribution in [1.29, 1.82) is 0 Å². The molecule has 3 N–H and O–H groups in total. The van der Waals surface area contributed by atoms with Crippen LogP contribution in [-0.4, -0.2) is 30.4 Å². The Kier molecular flexibility index (Phi) is 5.18. The summed E-state index contributed by atoms with van der Waals surface area (Å²) < 4.78 is 5.39. The largest absolute Gasteiger partial charge is 0.396 e. The number of anilines is 1. The van der Waals surface area contributed by atoms with E-state index in [2.05, 4.69) is 10.6 Å². The van der Waals surface area contributed by atoms with E-state index in [1.807, 2.05) is 31.2 Å². The number of fused-ring (bicyclic) bond motifs is 2. The molecule has 5 heteroatoms. The standard InChI is InChI=1S/C18H26N2O3/c1-2-23-11-12-4-3-5-15(8-12)19-18(22)20-17-14-7-6-13(9-14)16(17)10-21/h3-5,8,13-14,16-17,21H,2,6-7,9-11H2,1H3,(H2,19,20,22). The van der Waals surface area contributed by atoms with E-state index in [0.29, 0.717) is 25.0 Å². The summed E-state index contributed by atoms with van der Waals surface area (Å²) in [6, 6.07) is 7.62. The molecule has 4 unspecified atom stereocenters. The van der Waals surface area contributed by atoms with Crippen LogP contribution in [-0.2, 0) is 11.3 Å². The van der Waals surface area contributed by atoms with Crippen LogP contribution >= 0.6 is 0 Å². The molecule has 0 radical (unpaired) electrons. The average molecular weight is 318 g/mol. The first-order valence-electron chi connectivity index (χ1n) is 8.56. The maximum absolute atomic E-state index is 12.3. The number of aliphatic hydroxyl groups is 1. The van der Waals surface area contributed by atoms with Gasteiger partial charge < -0.3 is 20.5 Å². The molecule has 4 atom stereocenters. The van der Waals surface area contributed by atoms with Gasteiger partial charge in [-0.15, -0.1) is 0 Å². The average Bonchev–Trinajstić information content (AvgIpc) is 3.14. The van der Waals surface area contributed by atoms with Gasteiger partial charge in [-0.25, -0.2) is 4.79 Å². The first kappa shape index (κ1) is 16.3. The Balaban J connectivity index is 1.57. The van der Waals surface area contributed by atoms with E-state index in [1.54, 1.807) is 0 Å². The highest BCUT2D eigenvalue weighted by Crippen LogP contribution is 2.48. The maximum Gasteiger partial charge on any atom is 0.319 e. The predicted octanol–water partition coefficient (Wildman–Crippen LogP) is 2.75. The first-order chi connectivity index (χ1) is 11.2. The van der Waals surface area contributed by atoms with Crippen LogP contribution in [0.1, 0.15) is 31.7 Å². The van der Waals surface area contributed by atoms with Crippen molar-refractivity contribution in [3.8, 4) is 0 Å². The van der Waals surface area contributed by atoms with Crippen molar-refractivity contribution in [2.75, 3.05) is 18.5 Å². The third-order valence-corrected chi connectivity index (χ3v) is 5.25. The number of carbonyl (C=O) groups excluding carboxylic acids is 1. The monoisotopic (exact) mass is 318 g/mol. The number of carbonyl (C=O) groups is 1. The molecule has 0 spiro atoms. The van der Waals surface area contributed by atoms with E-state index in [4.69, 9.17) is 4.74 Å². The van der Waals surface area contributed by atoms with Gasteiger partial charge in [-0.05, 0) is 55.7 Å². The zero-order valence-corrected chi connectivity index (χ0v) is 13.6. The Morgan fingerprint density at radius 1 is 1.35 bits per heavy atom. The SMILES string of the molecule is CCOCc1cccc(NC(=O)NC2C3CCC(C3)C2CO)c1. The smallest absolute Gasteiger partial charge is 0.319 e. The van der Waals surface area contributed by atoms with Crippen molar-refractivity contribution in [1.82, 2.24) is 5.32 Å². The minimum Gasteiger partial charge on any atom is -0.396 e. The number of hydrogen-bond acceptors (Lipinski definition) is 3. The van der Waals surface area contributed by atoms with E-state index in [9.17, 15) is 9.90 Å². The molecule has 2 aliphatic carbocycles. The Bertz CT molecular complexity index is 549. The third-order valence-electron chi connectivity index (χ3n) is 5.25. The Morgan fingerprint density at radius 2 is 2.17 bits per heavy atom. The molecule has 2 amide bonds. The molecule has 5 nitrogen and oxygen atoms in total. The van der Waals surface area contributed by atoms with Crippen LogP contribution in [0.25, 0.3) is 0 Å². The molecular formula is C18H26N2O3. The number of benzene rings is 1. The van der Waals surface area contributed by atoms with Gasteiger partial charge in [0.2, 0.25) is 0 Å². The van der Waals surface area contributed by atoms with Crippen molar-refractivity contribution < 1.29 is 14.6 Å². The highest BCUT2D eigenvalue weighted by Gasteiger charge is 2.47. The van der Waals surface area contributed by atoms with Gasteiger partial charge in [0, 0.05) is 30.9 Å². The zero-order valence-electron chi connectivity index (χ0n) is 13.6. The third kappa shape index (κ3) is 3.67. The second kappa shape index (κ2) is 7.32. The van der Waals surface area contributed by atoms with Gasteiger partial charge in [0.15, 0.2) is 0 Å². The quantitative estimate of drug-likeness (QED) is 0.755. The van der Waals surface area contributed by atoms with Crippen LogP contribution in [0.5, 0.6) is 0 Å². The molecule has 2 fully saturated rings. The fourth-order valence-corrected chi connectivity index (χ4v) is 4.18. The van der Waals surface area contributed by atoms with Crippen molar-refractivity contribution in [3.63, 3.8) is 0 Å². The topological polar surface area (TPSA) is 70.6 Å². The van der Waals surface area contributed by atoms with Gasteiger partial charge in [0.25, 0.3) is 0 Å². The van der Waals surface area contributed by atoms with Crippen molar-refractivity contribution in [2.45, 2.75) is 38.8 Å². The molecule has 2 saturated carbocycles. The Labute approximate surface area is 137 Å². The second-order valence-electron chi connectivity index (χ2n) is 6.64. The molecule has 2 bridgehead atoms. The molecule has 1 aromatic carbocycles. The van der Waals surface area contributed by atoms with Gasteiger partial charge in [-0.3, -0.25) is 0 Å². The van der Waals surface area contributed by atoms with Crippen LogP contribution in [0.3, 0.4) is 0 Å². The molecule has 0 aromatic heterocycles. The van der Waals surface area contributed by atoms with Crippen molar-refractivity contribution in [2.24, 2.45) is 17.8 Å². The van der Waals surface area contributed by atoms with Gasteiger partial charge in [0.05, 0.1) is 6.61 Å². The Hall–Kier alpha value is -1.59. The summed E-state index contributed by atoms with van der Waals surface area (Å²) in [5.41, 5.74) is 1.81. The number of rotatable bonds is 6. The fraction of sp³-hybridized carbons (Fsp3) is 0.611.